The molecule has 1 aromatic rings. The van der Waals surface area contributed by atoms with E-state index in [2.05, 4.69) is 64.8 Å². The van der Waals surface area contributed by atoms with Crippen molar-refractivity contribution < 1.29 is 0 Å². The molecule has 2 nitrogen and oxygen atoms in total. The van der Waals surface area contributed by atoms with E-state index < -0.39 is 0 Å². The van der Waals surface area contributed by atoms with Gasteiger partial charge in [0.05, 0.1) is 0 Å². The van der Waals surface area contributed by atoms with Crippen molar-refractivity contribution >= 4 is 15.6 Å². The van der Waals surface area contributed by atoms with Gasteiger partial charge in [-0.15, -0.1) is 0 Å². The third-order valence-electron chi connectivity index (χ3n) is 1.94. The zero-order valence-corrected chi connectivity index (χ0v) is 9.83. The van der Waals surface area contributed by atoms with E-state index >= 15 is 0 Å². The summed E-state index contributed by atoms with van der Waals surface area (Å²) < 4.78 is 5.68. The standard InChI is InChI=1S/C9H16N2Se/c1-7(2)10-5-6-11(8(3)4)9(10)12/h5-8H,1-4H3. The fourth-order valence-electron chi connectivity index (χ4n) is 1.19. The van der Waals surface area contributed by atoms with E-state index in [0.717, 1.165) is 0 Å². The summed E-state index contributed by atoms with van der Waals surface area (Å²) in [5, 5.41) is 0. The second kappa shape index (κ2) is 3.63. The monoisotopic (exact) mass is 232 g/mol. The molecule has 0 atom stereocenters. The van der Waals surface area contributed by atoms with E-state index in [1.807, 2.05) is 0 Å². The van der Waals surface area contributed by atoms with Crippen molar-refractivity contribution in [1.82, 2.24) is 9.13 Å². The van der Waals surface area contributed by atoms with Crippen molar-refractivity contribution in [3.8, 4) is 0 Å². The minimum absolute atomic E-state index is 0.529. The zero-order valence-electron chi connectivity index (χ0n) is 8.11. The molecule has 0 bridgehead atoms. The second-order valence-electron chi connectivity index (χ2n) is 3.58. The molecule has 3 heteroatoms. The molecule has 0 unspecified atom stereocenters. The Hall–Kier alpha value is -0.271. The fourth-order valence-corrected chi connectivity index (χ4v) is 2.33. The van der Waals surface area contributed by atoms with Crippen LogP contribution in [0.5, 0.6) is 0 Å². The van der Waals surface area contributed by atoms with Gasteiger partial charge in [-0.2, -0.15) is 0 Å². The Morgan fingerprint density at radius 3 is 1.50 bits per heavy atom. The average molecular weight is 231 g/mol. The van der Waals surface area contributed by atoms with E-state index in [4.69, 9.17) is 0 Å². The molecule has 1 aromatic heterocycles. The molecule has 0 fully saturated rings. The van der Waals surface area contributed by atoms with E-state index in [-0.39, 0.29) is 0 Å². The summed E-state index contributed by atoms with van der Waals surface area (Å²) in [5.41, 5.74) is 0. The Labute approximate surface area is 81.6 Å². The van der Waals surface area contributed by atoms with Crippen molar-refractivity contribution in [2.45, 2.75) is 39.8 Å². The normalized spacial score (nSPS) is 11.5. The predicted molar refractivity (Wildman–Crippen MR) is 52.2 cm³/mol. The molecule has 0 aliphatic carbocycles. The maximum absolute atomic E-state index is 3.11. The summed E-state index contributed by atoms with van der Waals surface area (Å²) in [6.45, 7) is 8.74. The van der Waals surface area contributed by atoms with Gasteiger partial charge in [0.25, 0.3) is 0 Å². The Morgan fingerprint density at radius 1 is 1.00 bits per heavy atom. The van der Waals surface area contributed by atoms with Gasteiger partial charge < -0.3 is 0 Å². The van der Waals surface area contributed by atoms with Crippen LogP contribution in [0.3, 0.4) is 0 Å². The Bertz CT molecular complexity index is 278. The SMILES string of the molecule is CC(C)n1ccn(C(C)C)c1=[Se]. The third-order valence-corrected chi connectivity index (χ3v) is 2.83. The van der Waals surface area contributed by atoms with Gasteiger partial charge in [-0.05, 0) is 0 Å². The van der Waals surface area contributed by atoms with Crippen molar-refractivity contribution in [2.75, 3.05) is 0 Å². The quantitative estimate of drug-likeness (QED) is 0.690. The third kappa shape index (κ3) is 1.73. The molecule has 68 valence electrons. The number of hydrogen-bond acceptors (Lipinski definition) is 0. The van der Waals surface area contributed by atoms with Crippen LogP contribution in [0.25, 0.3) is 0 Å². The number of aromatic nitrogens is 2. The predicted octanol–water partition coefficient (Wildman–Crippen LogP) is 2.15. The van der Waals surface area contributed by atoms with Crippen LogP contribution in [-0.2, 0) is 0 Å². The Morgan fingerprint density at radius 2 is 1.33 bits per heavy atom. The van der Waals surface area contributed by atoms with Gasteiger partial charge in [0, 0.05) is 0 Å². The average Bonchev–Trinajstić information content (AvgIpc) is 2.30. The molecular formula is C9H16N2Se. The van der Waals surface area contributed by atoms with Gasteiger partial charge in [0.15, 0.2) is 0 Å². The molecule has 0 spiro atoms. The molecule has 0 aliphatic heterocycles. The van der Waals surface area contributed by atoms with Gasteiger partial charge in [-0.1, -0.05) is 0 Å². The summed E-state index contributed by atoms with van der Waals surface area (Å²) in [4.78, 5) is 0. The summed E-state index contributed by atoms with van der Waals surface area (Å²) in [6, 6.07) is 1.06. The first kappa shape index (κ1) is 9.81. The van der Waals surface area contributed by atoms with Gasteiger partial charge in [0.2, 0.25) is 0 Å². The van der Waals surface area contributed by atoms with Crippen molar-refractivity contribution in [1.29, 1.82) is 0 Å². The van der Waals surface area contributed by atoms with Crippen molar-refractivity contribution in [3.63, 3.8) is 0 Å². The van der Waals surface area contributed by atoms with Crippen LogP contribution in [0.2, 0.25) is 0 Å². The van der Waals surface area contributed by atoms with Crippen molar-refractivity contribution in [2.24, 2.45) is 0 Å². The maximum atomic E-state index is 3.11. The Kier molecular flexibility index (Phi) is 2.97. The zero-order chi connectivity index (χ0) is 9.30. The minimum atomic E-state index is 0.529. The first-order chi connectivity index (χ1) is 5.54. The summed E-state index contributed by atoms with van der Waals surface area (Å²) in [7, 11) is 0. The number of nitrogens with zero attached hydrogens (tertiary/aromatic N) is 2. The number of rotatable bonds is 2. The Balaban J connectivity index is 3.14. The molecule has 0 aliphatic rings. The van der Waals surface area contributed by atoms with Crippen LogP contribution in [0, 0.1) is 4.32 Å². The van der Waals surface area contributed by atoms with Crippen LogP contribution in [-0.4, -0.2) is 24.7 Å². The van der Waals surface area contributed by atoms with E-state index in [9.17, 15) is 0 Å². The number of imidazole rings is 1. The second-order valence-corrected chi connectivity index (χ2v) is 4.35. The van der Waals surface area contributed by atoms with Gasteiger partial charge in [-0.3, -0.25) is 0 Å². The molecule has 0 radical (unpaired) electrons. The van der Waals surface area contributed by atoms with Crippen LogP contribution in [0.1, 0.15) is 39.8 Å². The topological polar surface area (TPSA) is 9.86 Å². The molecule has 12 heavy (non-hydrogen) atoms. The number of hydrogen-bond donors (Lipinski definition) is 0. The van der Waals surface area contributed by atoms with Crippen LogP contribution in [0.15, 0.2) is 12.4 Å². The molecule has 1 heterocycles. The molecule has 0 saturated carbocycles. The molecule has 0 amide bonds. The van der Waals surface area contributed by atoms with Gasteiger partial charge in [-0.25, -0.2) is 0 Å². The molecule has 0 saturated heterocycles. The van der Waals surface area contributed by atoms with Crippen LogP contribution >= 0.6 is 0 Å². The molecule has 0 aromatic carbocycles. The van der Waals surface area contributed by atoms with Gasteiger partial charge in [0.1, 0.15) is 0 Å². The summed E-state index contributed by atoms with van der Waals surface area (Å²) >= 11 is 3.11. The molecule has 1 rings (SSSR count). The summed E-state index contributed by atoms with van der Waals surface area (Å²) in [5.74, 6) is 0. The van der Waals surface area contributed by atoms with E-state index in [1.54, 1.807) is 0 Å². The molecule has 0 N–H and O–H groups in total. The van der Waals surface area contributed by atoms with Gasteiger partial charge >= 0.3 is 81.2 Å². The fraction of sp³-hybridized carbons (Fsp3) is 0.667. The summed E-state index contributed by atoms with van der Waals surface area (Å²) in [6.07, 6.45) is 4.24. The van der Waals surface area contributed by atoms with E-state index in [1.165, 1.54) is 4.32 Å². The molecular weight excluding hydrogens is 215 g/mol. The van der Waals surface area contributed by atoms with E-state index in [0.29, 0.717) is 12.1 Å². The first-order valence-electron chi connectivity index (χ1n) is 4.33. The van der Waals surface area contributed by atoms with Crippen LogP contribution < -0.4 is 0 Å². The van der Waals surface area contributed by atoms with Crippen LogP contribution in [0.4, 0.5) is 0 Å². The van der Waals surface area contributed by atoms with Crippen molar-refractivity contribution in [3.05, 3.63) is 16.7 Å². The first-order valence-corrected chi connectivity index (χ1v) is 5.18.